The van der Waals surface area contributed by atoms with Crippen LogP contribution in [0.15, 0.2) is 23.1 Å². The number of rotatable bonds is 3. The van der Waals surface area contributed by atoms with Gasteiger partial charge in [0.2, 0.25) is 10.0 Å². The lowest BCUT2D eigenvalue weighted by atomic mass is 9.85. The number of nitrogen functional groups attached to an aromatic ring is 1. The molecule has 1 aromatic rings. The minimum atomic E-state index is -3.73. The molecule has 1 aromatic carbocycles. The van der Waals surface area contributed by atoms with Crippen LogP contribution < -0.4 is 15.8 Å². The van der Waals surface area contributed by atoms with Crippen LogP contribution in [-0.4, -0.2) is 21.5 Å². The van der Waals surface area contributed by atoms with E-state index in [1.807, 2.05) is 7.05 Å². The van der Waals surface area contributed by atoms with E-state index in [1.54, 1.807) is 12.1 Å². The number of nitrogens with zero attached hydrogens (tertiary/aromatic N) is 1. The monoisotopic (exact) mass is 297 g/mol. The lowest BCUT2D eigenvalue weighted by Gasteiger charge is -2.38. The summed E-state index contributed by atoms with van der Waals surface area (Å²) in [6, 6.07) is 5.22. The van der Waals surface area contributed by atoms with E-state index < -0.39 is 10.0 Å². The molecular weight excluding hydrogens is 274 g/mol. The zero-order valence-corrected chi connectivity index (χ0v) is 12.9. The number of hydrogen-bond donors (Lipinski definition) is 2. The maximum absolute atomic E-state index is 11.5. The predicted molar refractivity (Wildman–Crippen MR) is 82.1 cm³/mol. The number of nitrogens with two attached hydrogens (primary N) is 2. The van der Waals surface area contributed by atoms with Crippen molar-refractivity contribution in [3.05, 3.63) is 18.2 Å². The first-order valence-electron chi connectivity index (χ1n) is 6.95. The fraction of sp³-hybridized carbons (Fsp3) is 0.571. The zero-order valence-electron chi connectivity index (χ0n) is 12.0. The standard InChI is InChI=1S/C14H23N3O2S/c1-10-5-3-4-6-14(10)17(2)12-7-11(15)8-13(9-12)20(16,18)19/h7-10,14H,3-6,15H2,1-2H3,(H2,16,18,19). The van der Waals surface area contributed by atoms with Crippen molar-refractivity contribution < 1.29 is 8.42 Å². The van der Waals surface area contributed by atoms with Gasteiger partial charge in [-0.3, -0.25) is 0 Å². The van der Waals surface area contributed by atoms with Crippen LogP contribution >= 0.6 is 0 Å². The SMILES string of the molecule is CC1CCCCC1N(C)c1cc(N)cc(S(N)(=O)=O)c1. The third-order valence-electron chi connectivity index (χ3n) is 4.21. The summed E-state index contributed by atoms with van der Waals surface area (Å²) in [6.07, 6.45) is 4.81. The minimum absolute atomic E-state index is 0.0720. The highest BCUT2D eigenvalue weighted by atomic mass is 32.2. The zero-order chi connectivity index (χ0) is 14.9. The van der Waals surface area contributed by atoms with Crippen molar-refractivity contribution in [1.82, 2.24) is 0 Å². The summed E-state index contributed by atoms with van der Waals surface area (Å²) in [5.74, 6) is 0.591. The average molecular weight is 297 g/mol. The highest BCUT2D eigenvalue weighted by Crippen LogP contribution is 2.32. The van der Waals surface area contributed by atoms with Crippen LogP contribution in [-0.2, 0) is 10.0 Å². The van der Waals surface area contributed by atoms with E-state index in [1.165, 1.54) is 25.3 Å². The van der Waals surface area contributed by atoms with Gasteiger partial charge in [0.15, 0.2) is 0 Å². The number of hydrogen-bond acceptors (Lipinski definition) is 4. The quantitative estimate of drug-likeness (QED) is 0.834. The van der Waals surface area contributed by atoms with E-state index in [9.17, 15) is 8.42 Å². The molecule has 0 aromatic heterocycles. The summed E-state index contributed by atoms with van der Waals surface area (Å²) in [4.78, 5) is 2.21. The van der Waals surface area contributed by atoms with Crippen LogP contribution in [0, 0.1) is 5.92 Å². The summed E-state index contributed by atoms with van der Waals surface area (Å²) < 4.78 is 23.0. The van der Waals surface area contributed by atoms with Crippen LogP contribution in [0.3, 0.4) is 0 Å². The molecule has 1 aliphatic carbocycles. The van der Waals surface area contributed by atoms with Gasteiger partial charge in [0.1, 0.15) is 0 Å². The van der Waals surface area contributed by atoms with Gasteiger partial charge in [0, 0.05) is 24.5 Å². The topological polar surface area (TPSA) is 89.4 Å². The van der Waals surface area contributed by atoms with Crippen molar-refractivity contribution in [2.45, 2.75) is 43.5 Å². The number of benzene rings is 1. The first-order chi connectivity index (χ1) is 9.29. The molecule has 0 radical (unpaired) electrons. The van der Waals surface area contributed by atoms with E-state index in [4.69, 9.17) is 10.9 Å². The fourth-order valence-corrected chi connectivity index (χ4v) is 3.62. The van der Waals surface area contributed by atoms with Gasteiger partial charge >= 0.3 is 0 Å². The van der Waals surface area contributed by atoms with Gasteiger partial charge < -0.3 is 10.6 Å². The van der Waals surface area contributed by atoms with E-state index >= 15 is 0 Å². The molecule has 6 heteroatoms. The Bertz CT molecular complexity index is 586. The molecule has 0 heterocycles. The van der Waals surface area contributed by atoms with Crippen LogP contribution in [0.1, 0.15) is 32.6 Å². The predicted octanol–water partition coefficient (Wildman–Crippen LogP) is 1.93. The molecule has 0 bridgehead atoms. The maximum Gasteiger partial charge on any atom is 0.238 e. The number of anilines is 2. The van der Waals surface area contributed by atoms with Crippen LogP contribution in [0.4, 0.5) is 11.4 Å². The first-order valence-corrected chi connectivity index (χ1v) is 8.50. The molecular formula is C14H23N3O2S. The highest BCUT2D eigenvalue weighted by molar-refractivity contribution is 7.89. The normalized spacial score (nSPS) is 23.6. The molecule has 1 saturated carbocycles. The van der Waals surface area contributed by atoms with Crippen molar-refractivity contribution in [2.75, 3.05) is 17.7 Å². The second kappa shape index (κ2) is 5.61. The van der Waals surface area contributed by atoms with Gasteiger partial charge in [-0.1, -0.05) is 19.8 Å². The molecule has 0 saturated heterocycles. The summed E-state index contributed by atoms with van der Waals surface area (Å²) in [5, 5.41) is 5.20. The Balaban J connectivity index is 2.34. The van der Waals surface area contributed by atoms with Gasteiger partial charge in [0.05, 0.1) is 4.90 Å². The minimum Gasteiger partial charge on any atom is -0.399 e. The summed E-state index contributed by atoms with van der Waals surface area (Å²) in [7, 11) is -1.74. The Morgan fingerprint density at radius 3 is 2.45 bits per heavy atom. The largest absolute Gasteiger partial charge is 0.399 e. The van der Waals surface area contributed by atoms with Crippen LogP contribution in [0.25, 0.3) is 0 Å². The van der Waals surface area contributed by atoms with Gasteiger partial charge in [-0.2, -0.15) is 0 Å². The summed E-state index contributed by atoms with van der Waals surface area (Å²) in [5.41, 5.74) is 7.04. The lowest BCUT2D eigenvalue weighted by Crippen LogP contribution is -2.39. The Kier molecular flexibility index (Phi) is 4.25. The Morgan fingerprint density at radius 1 is 1.20 bits per heavy atom. The Hall–Kier alpha value is -1.27. The first kappa shape index (κ1) is 15.1. The molecule has 4 N–H and O–H groups in total. The number of sulfonamides is 1. The molecule has 2 atom stereocenters. The third-order valence-corrected chi connectivity index (χ3v) is 5.11. The summed E-state index contributed by atoms with van der Waals surface area (Å²) >= 11 is 0. The highest BCUT2D eigenvalue weighted by Gasteiger charge is 2.26. The maximum atomic E-state index is 11.5. The molecule has 0 amide bonds. The van der Waals surface area contributed by atoms with Crippen molar-refractivity contribution in [2.24, 2.45) is 11.1 Å². The second-order valence-corrected chi connectivity index (χ2v) is 7.31. The average Bonchev–Trinajstić information content (AvgIpc) is 2.37. The van der Waals surface area contributed by atoms with E-state index in [2.05, 4.69) is 11.8 Å². The molecule has 0 aliphatic heterocycles. The molecule has 112 valence electrons. The van der Waals surface area contributed by atoms with E-state index in [0.29, 0.717) is 17.6 Å². The third kappa shape index (κ3) is 3.24. The van der Waals surface area contributed by atoms with Gasteiger partial charge in [-0.15, -0.1) is 0 Å². The second-order valence-electron chi connectivity index (χ2n) is 5.75. The summed E-state index contributed by atoms with van der Waals surface area (Å²) in [6.45, 7) is 2.24. The number of primary sulfonamides is 1. The Morgan fingerprint density at radius 2 is 1.85 bits per heavy atom. The molecule has 1 aliphatic rings. The molecule has 1 fully saturated rings. The smallest absolute Gasteiger partial charge is 0.238 e. The lowest BCUT2D eigenvalue weighted by molar-refractivity contribution is 0.321. The molecule has 20 heavy (non-hydrogen) atoms. The van der Waals surface area contributed by atoms with Crippen molar-refractivity contribution >= 4 is 21.4 Å². The van der Waals surface area contributed by atoms with Gasteiger partial charge in [-0.25, -0.2) is 13.6 Å². The van der Waals surface area contributed by atoms with Crippen molar-refractivity contribution in [1.29, 1.82) is 0 Å². The molecule has 2 rings (SSSR count). The van der Waals surface area contributed by atoms with Gasteiger partial charge in [-0.05, 0) is 37.0 Å². The molecule has 5 nitrogen and oxygen atoms in total. The van der Waals surface area contributed by atoms with E-state index in [0.717, 1.165) is 12.1 Å². The van der Waals surface area contributed by atoms with Crippen molar-refractivity contribution in [3.63, 3.8) is 0 Å². The van der Waals surface area contributed by atoms with Crippen molar-refractivity contribution in [3.8, 4) is 0 Å². The van der Waals surface area contributed by atoms with Gasteiger partial charge in [0.25, 0.3) is 0 Å². The van der Waals surface area contributed by atoms with Crippen LogP contribution in [0.5, 0.6) is 0 Å². The molecule has 0 spiro atoms. The molecule has 2 unspecified atom stereocenters. The van der Waals surface area contributed by atoms with E-state index in [-0.39, 0.29) is 4.90 Å². The fourth-order valence-electron chi connectivity index (χ4n) is 3.04. The van der Waals surface area contributed by atoms with Crippen LogP contribution in [0.2, 0.25) is 0 Å². The Labute approximate surface area is 121 Å².